The van der Waals surface area contributed by atoms with Crippen LogP contribution in [-0.2, 0) is 9.53 Å². The number of thiocarbonyl (C=S) groups is 1. The van der Waals surface area contributed by atoms with Gasteiger partial charge in [0.15, 0.2) is 4.32 Å². The third-order valence-electron chi connectivity index (χ3n) is 4.69. The van der Waals surface area contributed by atoms with Gasteiger partial charge >= 0.3 is 0 Å². The monoisotopic (exact) mass is 412 g/mol. The lowest BCUT2D eigenvalue weighted by Crippen LogP contribution is -2.36. The van der Waals surface area contributed by atoms with E-state index in [1.165, 1.54) is 17.4 Å². The van der Waals surface area contributed by atoms with Gasteiger partial charge in [-0.3, -0.25) is 9.69 Å². The van der Waals surface area contributed by atoms with Crippen LogP contribution in [0.4, 0.5) is 11.4 Å². The minimum Gasteiger partial charge on any atom is -0.497 e. The van der Waals surface area contributed by atoms with Crippen molar-refractivity contribution in [1.82, 2.24) is 0 Å². The van der Waals surface area contributed by atoms with Gasteiger partial charge in [-0.2, -0.15) is 0 Å². The first kappa shape index (κ1) is 19.0. The zero-order valence-electron chi connectivity index (χ0n) is 15.5. The third kappa shape index (κ3) is 3.92. The SMILES string of the molecule is COc1ccc(N2C(=O)/C(=C/c3ccc(N4CCOCC4)cc3)SC2=S)cc1. The van der Waals surface area contributed by atoms with Gasteiger partial charge in [-0.1, -0.05) is 36.1 Å². The summed E-state index contributed by atoms with van der Waals surface area (Å²) >= 11 is 6.76. The second kappa shape index (κ2) is 8.34. The van der Waals surface area contributed by atoms with Crippen LogP contribution in [0.5, 0.6) is 5.75 Å². The summed E-state index contributed by atoms with van der Waals surface area (Å²) in [6.45, 7) is 3.32. The number of ether oxygens (including phenoxy) is 2. The van der Waals surface area contributed by atoms with Gasteiger partial charge in [0.05, 0.1) is 30.9 Å². The van der Waals surface area contributed by atoms with Crippen LogP contribution in [0.25, 0.3) is 6.08 Å². The predicted molar refractivity (Wildman–Crippen MR) is 118 cm³/mol. The molecule has 2 saturated heterocycles. The van der Waals surface area contributed by atoms with Gasteiger partial charge in [-0.15, -0.1) is 0 Å². The largest absolute Gasteiger partial charge is 0.497 e. The number of morpholine rings is 1. The van der Waals surface area contributed by atoms with Crippen molar-refractivity contribution in [1.29, 1.82) is 0 Å². The van der Waals surface area contributed by atoms with E-state index in [4.69, 9.17) is 21.7 Å². The van der Waals surface area contributed by atoms with E-state index >= 15 is 0 Å². The maximum absolute atomic E-state index is 12.9. The van der Waals surface area contributed by atoms with Crippen molar-refractivity contribution < 1.29 is 14.3 Å². The zero-order valence-corrected chi connectivity index (χ0v) is 17.1. The first-order valence-electron chi connectivity index (χ1n) is 9.00. The summed E-state index contributed by atoms with van der Waals surface area (Å²) < 4.78 is 11.1. The fraction of sp³-hybridized carbons (Fsp3) is 0.238. The number of carbonyl (C=O) groups excluding carboxylic acids is 1. The summed E-state index contributed by atoms with van der Waals surface area (Å²) in [6, 6.07) is 15.6. The molecule has 0 spiro atoms. The van der Waals surface area contributed by atoms with Crippen molar-refractivity contribution in [3.8, 4) is 5.75 Å². The van der Waals surface area contributed by atoms with Crippen molar-refractivity contribution >= 4 is 51.7 Å². The van der Waals surface area contributed by atoms with Crippen LogP contribution in [0.3, 0.4) is 0 Å². The molecule has 4 rings (SSSR count). The Morgan fingerprint density at radius 1 is 1.04 bits per heavy atom. The van der Waals surface area contributed by atoms with Crippen LogP contribution < -0.4 is 14.5 Å². The van der Waals surface area contributed by atoms with Crippen molar-refractivity contribution in [3.05, 3.63) is 59.0 Å². The summed E-state index contributed by atoms with van der Waals surface area (Å²) in [5.74, 6) is 0.641. The maximum Gasteiger partial charge on any atom is 0.270 e. The van der Waals surface area contributed by atoms with Crippen LogP contribution >= 0.6 is 24.0 Å². The number of nitrogens with zero attached hydrogens (tertiary/aromatic N) is 2. The number of benzene rings is 2. The number of methoxy groups -OCH3 is 1. The molecule has 28 heavy (non-hydrogen) atoms. The molecule has 2 aromatic rings. The highest BCUT2D eigenvalue weighted by Gasteiger charge is 2.33. The molecule has 7 heteroatoms. The molecule has 0 aliphatic carbocycles. The van der Waals surface area contributed by atoms with Gasteiger partial charge in [0, 0.05) is 18.8 Å². The van der Waals surface area contributed by atoms with E-state index in [1.807, 2.05) is 42.5 Å². The summed E-state index contributed by atoms with van der Waals surface area (Å²) in [5.41, 5.74) is 2.90. The molecular weight excluding hydrogens is 392 g/mol. The first-order valence-corrected chi connectivity index (χ1v) is 10.2. The Morgan fingerprint density at radius 3 is 2.32 bits per heavy atom. The normalized spacial score (nSPS) is 18.8. The maximum atomic E-state index is 12.9. The van der Waals surface area contributed by atoms with E-state index < -0.39 is 0 Å². The lowest BCUT2D eigenvalue weighted by Gasteiger charge is -2.28. The van der Waals surface area contributed by atoms with E-state index in [1.54, 1.807) is 12.0 Å². The molecule has 0 saturated carbocycles. The smallest absolute Gasteiger partial charge is 0.270 e. The van der Waals surface area contributed by atoms with Gasteiger partial charge < -0.3 is 14.4 Å². The average Bonchev–Trinajstić information content (AvgIpc) is 3.02. The molecule has 2 fully saturated rings. The fourth-order valence-electron chi connectivity index (χ4n) is 3.18. The van der Waals surface area contributed by atoms with Gasteiger partial charge in [0.1, 0.15) is 5.75 Å². The van der Waals surface area contributed by atoms with E-state index in [2.05, 4.69) is 17.0 Å². The molecule has 0 radical (unpaired) electrons. The summed E-state index contributed by atoms with van der Waals surface area (Å²) in [7, 11) is 1.61. The summed E-state index contributed by atoms with van der Waals surface area (Å²) in [6.07, 6.45) is 1.89. The lowest BCUT2D eigenvalue weighted by atomic mass is 10.1. The minimum atomic E-state index is -0.0996. The highest BCUT2D eigenvalue weighted by atomic mass is 32.2. The Labute approximate surface area is 173 Å². The van der Waals surface area contributed by atoms with E-state index in [0.29, 0.717) is 9.23 Å². The minimum absolute atomic E-state index is 0.0996. The molecule has 2 heterocycles. The van der Waals surface area contributed by atoms with Gasteiger partial charge in [0.25, 0.3) is 5.91 Å². The quantitative estimate of drug-likeness (QED) is 0.560. The Balaban J connectivity index is 1.51. The zero-order chi connectivity index (χ0) is 19.5. The van der Waals surface area contributed by atoms with Crippen LogP contribution in [0.1, 0.15) is 5.56 Å². The molecule has 0 atom stereocenters. The highest BCUT2D eigenvalue weighted by Crippen LogP contribution is 2.36. The van der Waals surface area contributed by atoms with Crippen molar-refractivity contribution in [3.63, 3.8) is 0 Å². The molecule has 2 aliphatic heterocycles. The molecule has 2 aliphatic rings. The Kier molecular flexibility index (Phi) is 5.66. The Morgan fingerprint density at radius 2 is 1.68 bits per heavy atom. The van der Waals surface area contributed by atoms with E-state index in [9.17, 15) is 4.79 Å². The van der Waals surface area contributed by atoms with Crippen molar-refractivity contribution in [2.45, 2.75) is 0 Å². The highest BCUT2D eigenvalue weighted by molar-refractivity contribution is 8.27. The molecule has 144 valence electrons. The lowest BCUT2D eigenvalue weighted by molar-refractivity contribution is -0.113. The molecule has 1 amide bonds. The van der Waals surface area contributed by atoms with Crippen LogP contribution in [-0.4, -0.2) is 43.6 Å². The number of thioether (sulfide) groups is 1. The van der Waals surface area contributed by atoms with E-state index in [-0.39, 0.29) is 5.91 Å². The average molecular weight is 413 g/mol. The molecule has 0 aromatic heterocycles. The molecule has 0 N–H and O–H groups in total. The Hall–Kier alpha value is -2.35. The number of rotatable bonds is 4. The number of amides is 1. The van der Waals surface area contributed by atoms with Crippen LogP contribution in [0.2, 0.25) is 0 Å². The van der Waals surface area contributed by atoms with Crippen molar-refractivity contribution in [2.75, 3.05) is 43.2 Å². The number of hydrogen-bond acceptors (Lipinski definition) is 6. The van der Waals surface area contributed by atoms with Gasteiger partial charge in [-0.25, -0.2) is 0 Å². The molecule has 5 nitrogen and oxygen atoms in total. The van der Waals surface area contributed by atoms with E-state index in [0.717, 1.165) is 43.3 Å². The summed E-state index contributed by atoms with van der Waals surface area (Å²) in [4.78, 5) is 17.4. The topological polar surface area (TPSA) is 42.0 Å². The van der Waals surface area contributed by atoms with Crippen LogP contribution in [0, 0.1) is 0 Å². The Bertz CT molecular complexity index is 904. The van der Waals surface area contributed by atoms with Crippen LogP contribution in [0.15, 0.2) is 53.4 Å². The molecule has 2 aromatic carbocycles. The first-order chi connectivity index (χ1) is 13.7. The van der Waals surface area contributed by atoms with Crippen molar-refractivity contribution in [2.24, 2.45) is 0 Å². The number of carbonyl (C=O) groups is 1. The third-order valence-corrected chi connectivity index (χ3v) is 5.99. The molecular formula is C21H20N2O3S2. The number of anilines is 2. The van der Waals surface area contributed by atoms with Gasteiger partial charge in [-0.05, 0) is 48.0 Å². The van der Waals surface area contributed by atoms with Gasteiger partial charge in [0.2, 0.25) is 0 Å². The molecule has 0 unspecified atom stereocenters. The second-order valence-corrected chi connectivity index (χ2v) is 8.08. The fourth-order valence-corrected chi connectivity index (χ4v) is 4.47. The second-order valence-electron chi connectivity index (χ2n) is 6.41. The standard InChI is InChI=1S/C21H20N2O3S2/c1-25-18-8-6-17(7-9-18)23-20(24)19(28-21(23)27)14-15-2-4-16(5-3-15)22-10-12-26-13-11-22/h2-9,14H,10-13H2,1H3/b19-14-. The predicted octanol–water partition coefficient (Wildman–Crippen LogP) is 3.94. The summed E-state index contributed by atoms with van der Waals surface area (Å²) in [5, 5.41) is 0. The number of hydrogen-bond donors (Lipinski definition) is 0. The molecule has 0 bridgehead atoms.